The van der Waals surface area contributed by atoms with Crippen LogP contribution in [0.2, 0.25) is 0 Å². The highest BCUT2D eigenvalue weighted by molar-refractivity contribution is 6.04. The van der Waals surface area contributed by atoms with Crippen molar-refractivity contribution in [1.82, 2.24) is 10.2 Å². The van der Waals surface area contributed by atoms with Gasteiger partial charge in [-0.25, -0.2) is 0 Å². The fourth-order valence-corrected chi connectivity index (χ4v) is 3.24. The molecule has 0 saturated carbocycles. The molecule has 6 heteroatoms. The molecule has 0 aliphatic carbocycles. The molecule has 1 fully saturated rings. The fraction of sp³-hybridized carbons (Fsp3) is 0.400. The molecule has 2 amide bonds. The third-order valence-corrected chi connectivity index (χ3v) is 4.75. The van der Waals surface area contributed by atoms with Crippen LogP contribution in [0.15, 0.2) is 47.1 Å². The Balaban J connectivity index is 1.67. The van der Waals surface area contributed by atoms with Crippen molar-refractivity contribution in [1.29, 1.82) is 0 Å². The molecule has 138 valence electrons. The summed E-state index contributed by atoms with van der Waals surface area (Å²) < 4.78 is 5.23. The Hall–Kier alpha value is -2.60. The summed E-state index contributed by atoms with van der Waals surface area (Å²) in [5.74, 6) is 1.08. The monoisotopic (exact) mass is 355 g/mol. The number of amides is 2. The Kier molecular flexibility index (Phi) is 5.73. The minimum absolute atomic E-state index is 0.00890. The normalized spacial score (nSPS) is 17.2. The molecule has 0 bridgehead atoms. The first-order chi connectivity index (χ1) is 12.5. The van der Waals surface area contributed by atoms with Gasteiger partial charge in [-0.3, -0.25) is 14.5 Å². The summed E-state index contributed by atoms with van der Waals surface area (Å²) in [5, 5.41) is 2.83. The van der Waals surface area contributed by atoms with Gasteiger partial charge in [0, 0.05) is 13.6 Å². The molecule has 1 unspecified atom stereocenters. The number of rotatable bonds is 6. The number of benzene rings is 1. The summed E-state index contributed by atoms with van der Waals surface area (Å²) in [6.07, 6.45) is 2.70. The topological polar surface area (TPSA) is 65.8 Å². The minimum atomic E-state index is -0.230. The van der Waals surface area contributed by atoms with E-state index in [1.807, 2.05) is 6.07 Å². The van der Waals surface area contributed by atoms with Crippen molar-refractivity contribution in [2.75, 3.05) is 31.6 Å². The lowest BCUT2D eigenvalue weighted by Gasteiger charge is -2.23. The van der Waals surface area contributed by atoms with Crippen LogP contribution in [0.4, 0.5) is 5.69 Å². The largest absolute Gasteiger partial charge is 0.467 e. The fourth-order valence-electron chi connectivity index (χ4n) is 3.24. The number of hydrogen-bond acceptors (Lipinski definition) is 4. The number of carbonyl (C=O) groups is 2. The van der Waals surface area contributed by atoms with Crippen LogP contribution in [-0.4, -0.2) is 43.4 Å². The predicted molar refractivity (Wildman–Crippen MR) is 100.0 cm³/mol. The average Bonchev–Trinajstić information content (AvgIpc) is 3.30. The van der Waals surface area contributed by atoms with Crippen LogP contribution in [0, 0.1) is 5.92 Å². The lowest BCUT2D eigenvalue weighted by Crippen LogP contribution is -2.38. The summed E-state index contributed by atoms with van der Waals surface area (Å²) >= 11 is 0. The highest BCUT2D eigenvalue weighted by Crippen LogP contribution is 2.21. The van der Waals surface area contributed by atoms with E-state index < -0.39 is 0 Å². The van der Waals surface area contributed by atoms with E-state index in [-0.39, 0.29) is 11.8 Å². The van der Waals surface area contributed by atoms with E-state index in [1.54, 1.807) is 48.5 Å². The van der Waals surface area contributed by atoms with E-state index in [2.05, 4.69) is 17.1 Å². The van der Waals surface area contributed by atoms with Gasteiger partial charge >= 0.3 is 0 Å². The minimum Gasteiger partial charge on any atom is -0.467 e. The van der Waals surface area contributed by atoms with Gasteiger partial charge in [0.05, 0.1) is 30.6 Å². The van der Waals surface area contributed by atoms with Gasteiger partial charge in [-0.1, -0.05) is 19.1 Å². The number of para-hydroxylation sites is 1. The Morgan fingerprint density at radius 2 is 2.08 bits per heavy atom. The highest BCUT2D eigenvalue weighted by Gasteiger charge is 2.24. The van der Waals surface area contributed by atoms with Crippen LogP contribution in [-0.2, 0) is 11.3 Å². The highest BCUT2D eigenvalue weighted by atomic mass is 16.3. The van der Waals surface area contributed by atoms with Crippen LogP contribution in [0.25, 0.3) is 0 Å². The zero-order valence-electron chi connectivity index (χ0n) is 15.3. The van der Waals surface area contributed by atoms with Crippen molar-refractivity contribution in [2.24, 2.45) is 5.92 Å². The average molecular weight is 355 g/mol. The third kappa shape index (κ3) is 4.32. The van der Waals surface area contributed by atoms with Gasteiger partial charge in [0.25, 0.3) is 5.91 Å². The lowest BCUT2D eigenvalue weighted by atomic mass is 10.1. The maximum absolute atomic E-state index is 12.7. The number of furan rings is 1. The number of likely N-dealkylation sites (N-methyl/N-ethyl adjacent to an activating group) is 1. The second-order valence-corrected chi connectivity index (χ2v) is 6.86. The van der Waals surface area contributed by atoms with Crippen LogP contribution in [0.1, 0.15) is 29.5 Å². The van der Waals surface area contributed by atoms with Crippen LogP contribution >= 0.6 is 0 Å². The van der Waals surface area contributed by atoms with Crippen molar-refractivity contribution >= 4 is 17.5 Å². The van der Waals surface area contributed by atoms with Crippen LogP contribution in [0.3, 0.4) is 0 Å². The summed E-state index contributed by atoms with van der Waals surface area (Å²) in [6, 6.07) is 10.7. The SMILES string of the molecule is CC1CCN(CC(=O)N(C)c2ccccc2C(=O)NCc2ccco2)C1. The van der Waals surface area contributed by atoms with Crippen molar-refractivity contribution < 1.29 is 14.0 Å². The zero-order valence-corrected chi connectivity index (χ0v) is 15.3. The van der Waals surface area contributed by atoms with Gasteiger partial charge in [-0.2, -0.15) is 0 Å². The molecule has 1 N–H and O–H groups in total. The van der Waals surface area contributed by atoms with Crippen molar-refractivity contribution in [3.05, 3.63) is 54.0 Å². The van der Waals surface area contributed by atoms with Crippen molar-refractivity contribution in [3.63, 3.8) is 0 Å². The van der Waals surface area contributed by atoms with Gasteiger partial charge in [0.15, 0.2) is 0 Å². The first kappa shape index (κ1) is 18.2. The Labute approximate surface area is 153 Å². The predicted octanol–water partition coefficient (Wildman–Crippen LogP) is 2.51. The molecule has 1 atom stereocenters. The lowest BCUT2D eigenvalue weighted by molar-refractivity contribution is -0.119. The van der Waals surface area contributed by atoms with E-state index in [0.717, 1.165) is 19.5 Å². The maximum Gasteiger partial charge on any atom is 0.253 e. The Morgan fingerprint density at radius 3 is 2.77 bits per heavy atom. The second-order valence-electron chi connectivity index (χ2n) is 6.86. The molecule has 2 aromatic rings. The van der Waals surface area contributed by atoms with Gasteiger partial charge in [-0.05, 0) is 43.1 Å². The smallest absolute Gasteiger partial charge is 0.253 e. The van der Waals surface area contributed by atoms with Gasteiger partial charge < -0.3 is 14.6 Å². The van der Waals surface area contributed by atoms with E-state index in [4.69, 9.17) is 4.42 Å². The molecule has 0 radical (unpaired) electrons. The van der Waals surface area contributed by atoms with E-state index in [9.17, 15) is 9.59 Å². The zero-order chi connectivity index (χ0) is 18.5. The number of anilines is 1. The molecule has 1 aliphatic heterocycles. The molecule has 3 rings (SSSR count). The van der Waals surface area contributed by atoms with Gasteiger partial charge in [0.2, 0.25) is 5.91 Å². The molecule has 2 heterocycles. The molecule has 6 nitrogen and oxygen atoms in total. The number of carbonyl (C=O) groups excluding carboxylic acids is 2. The molecule has 1 aromatic heterocycles. The number of nitrogens with zero attached hydrogens (tertiary/aromatic N) is 2. The number of hydrogen-bond donors (Lipinski definition) is 1. The molecule has 1 aliphatic rings. The van der Waals surface area contributed by atoms with E-state index in [1.165, 1.54) is 0 Å². The standard InChI is InChI=1S/C20H25N3O3/c1-15-9-10-23(13-15)14-19(24)22(2)18-8-4-3-7-17(18)20(25)21-12-16-6-5-11-26-16/h3-8,11,15H,9-10,12-14H2,1-2H3,(H,21,25). The number of nitrogens with one attached hydrogen (secondary N) is 1. The van der Waals surface area contributed by atoms with Crippen molar-refractivity contribution in [2.45, 2.75) is 19.9 Å². The summed E-state index contributed by atoms with van der Waals surface area (Å²) in [7, 11) is 1.72. The Morgan fingerprint density at radius 1 is 1.27 bits per heavy atom. The molecular formula is C20H25N3O3. The van der Waals surface area contributed by atoms with Gasteiger partial charge in [-0.15, -0.1) is 0 Å². The third-order valence-electron chi connectivity index (χ3n) is 4.75. The van der Waals surface area contributed by atoms with Crippen molar-refractivity contribution in [3.8, 4) is 0 Å². The molecule has 1 aromatic carbocycles. The summed E-state index contributed by atoms with van der Waals surface area (Å²) in [6.45, 7) is 4.79. The Bertz CT molecular complexity index is 757. The van der Waals surface area contributed by atoms with E-state index >= 15 is 0 Å². The molecule has 1 saturated heterocycles. The first-order valence-electron chi connectivity index (χ1n) is 8.93. The molecule has 26 heavy (non-hydrogen) atoms. The molecule has 0 spiro atoms. The summed E-state index contributed by atoms with van der Waals surface area (Å²) in [4.78, 5) is 29.0. The number of likely N-dealkylation sites (tertiary alicyclic amines) is 1. The first-order valence-corrected chi connectivity index (χ1v) is 8.93. The summed E-state index contributed by atoms with van der Waals surface area (Å²) in [5.41, 5.74) is 1.09. The van der Waals surface area contributed by atoms with E-state index in [0.29, 0.717) is 36.0 Å². The molecular weight excluding hydrogens is 330 g/mol. The quantitative estimate of drug-likeness (QED) is 0.865. The second kappa shape index (κ2) is 8.19. The van der Waals surface area contributed by atoms with Crippen LogP contribution in [0.5, 0.6) is 0 Å². The van der Waals surface area contributed by atoms with Crippen LogP contribution < -0.4 is 10.2 Å². The van der Waals surface area contributed by atoms with Gasteiger partial charge in [0.1, 0.15) is 5.76 Å². The maximum atomic E-state index is 12.7.